The minimum atomic E-state index is -1.45. The van der Waals surface area contributed by atoms with Gasteiger partial charge in [-0.1, -0.05) is 0 Å². The first-order valence-corrected chi connectivity index (χ1v) is 10.7. The zero-order valence-corrected chi connectivity index (χ0v) is 17.7. The molecule has 15 N–H and O–H groups in total. The van der Waals surface area contributed by atoms with Gasteiger partial charge in [-0.25, -0.2) is 0 Å². The van der Waals surface area contributed by atoms with Crippen LogP contribution in [-0.2, 0) is 18.9 Å². The molecular weight excluding hydrogens is 430 g/mol. The van der Waals surface area contributed by atoms with Gasteiger partial charge in [0.05, 0.1) is 31.5 Å². The summed E-state index contributed by atoms with van der Waals surface area (Å²) in [6.45, 7) is -0.517. The van der Waals surface area contributed by atoms with Crippen LogP contribution in [0.4, 0.5) is 0 Å². The van der Waals surface area contributed by atoms with Gasteiger partial charge in [0, 0.05) is 25.0 Å². The summed E-state index contributed by atoms with van der Waals surface area (Å²) in [7, 11) is 0. The molecule has 0 bridgehead atoms. The molecule has 0 aromatic heterocycles. The van der Waals surface area contributed by atoms with Gasteiger partial charge in [-0.3, -0.25) is 0 Å². The van der Waals surface area contributed by atoms with Crippen LogP contribution in [0.25, 0.3) is 0 Å². The van der Waals surface area contributed by atoms with Crippen LogP contribution in [0.15, 0.2) is 0 Å². The molecule has 188 valence electrons. The highest BCUT2D eigenvalue weighted by atomic mass is 16.7. The highest BCUT2D eigenvalue weighted by Crippen LogP contribution is 2.32. The summed E-state index contributed by atoms with van der Waals surface area (Å²) in [4.78, 5) is 0. The van der Waals surface area contributed by atoms with E-state index in [2.05, 4.69) is 0 Å². The van der Waals surface area contributed by atoms with Crippen LogP contribution in [0, 0.1) is 0 Å². The van der Waals surface area contributed by atoms with Crippen LogP contribution in [0.2, 0.25) is 0 Å². The number of aliphatic hydroxyl groups is 5. The van der Waals surface area contributed by atoms with Gasteiger partial charge in [0.2, 0.25) is 0 Å². The molecule has 2 saturated heterocycles. The highest BCUT2D eigenvalue weighted by Gasteiger charge is 2.51. The molecule has 3 rings (SSSR count). The van der Waals surface area contributed by atoms with Crippen LogP contribution in [0.3, 0.4) is 0 Å². The van der Waals surface area contributed by atoms with Gasteiger partial charge in [-0.15, -0.1) is 0 Å². The van der Waals surface area contributed by atoms with E-state index in [1.54, 1.807) is 0 Å². The Bertz CT molecular complexity index is 621. The first-order chi connectivity index (χ1) is 15.0. The number of hydrogen-bond acceptors (Lipinski definition) is 14. The maximum atomic E-state index is 11.0. The minimum Gasteiger partial charge on any atom is -0.394 e. The Morgan fingerprint density at radius 2 is 1.59 bits per heavy atom. The maximum absolute atomic E-state index is 11.0. The minimum absolute atomic E-state index is 0.0117. The molecule has 0 spiro atoms. The van der Waals surface area contributed by atoms with Gasteiger partial charge in [0.25, 0.3) is 0 Å². The fourth-order valence-corrected chi connectivity index (χ4v) is 4.48. The van der Waals surface area contributed by atoms with Gasteiger partial charge >= 0.3 is 0 Å². The van der Waals surface area contributed by atoms with Crippen LogP contribution >= 0.6 is 0 Å². The van der Waals surface area contributed by atoms with Crippen molar-refractivity contribution < 1.29 is 44.5 Å². The second-order valence-electron chi connectivity index (χ2n) is 8.94. The number of aliphatic hydroxyl groups excluding tert-OH is 5. The van der Waals surface area contributed by atoms with Crippen LogP contribution in [-0.4, -0.2) is 124 Å². The van der Waals surface area contributed by atoms with Gasteiger partial charge < -0.3 is 73.1 Å². The Labute approximate surface area is 185 Å². The monoisotopic (exact) mass is 467 g/mol. The molecule has 1 aliphatic carbocycles. The summed E-state index contributed by atoms with van der Waals surface area (Å²) in [6.07, 6.45) is -10.1. The SMILES string of the molecule is NCC1OCC(N)(OC2C(N)CC(N)C(OC3OC(CO)C(O)C(N)C3O)C2O)CC1O. The second-order valence-corrected chi connectivity index (χ2v) is 8.94. The summed E-state index contributed by atoms with van der Waals surface area (Å²) in [5.74, 6) is 0. The molecule has 3 aliphatic rings. The van der Waals surface area contributed by atoms with Gasteiger partial charge in [0.1, 0.15) is 42.3 Å². The van der Waals surface area contributed by atoms with Crippen molar-refractivity contribution in [1.82, 2.24) is 0 Å². The number of nitrogens with two attached hydrogens (primary N) is 5. The number of rotatable bonds is 6. The smallest absolute Gasteiger partial charge is 0.186 e. The molecule has 14 nitrogen and oxygen atoms in total. The number of hydrogen-bond donors (Lipinski definition) is 10. The maximum Gasteiger partial charge on any atom is 0.186 e. The zero-order chi connectivity index (χ0) is 23.8. The highest BCUT2D eigenvalue weighted by molar-refractivity contribution is 5.02. The van der Waals surface area contributed by atoms with E-state index in [4.69, 9.17) is 47.6 Å². The van der Waals surface area contributed by atoms with E-state index >= 15 is 0 Å². The fraction of sp³-hybridized carbons (Fsp3) is 1.00. The van der Waals surface area contributed by atoms with Crippen molar-refractivity contribution in [2.45, 2.75) is 91.8 Å². The Hall–Kier alpha value is -0.560. The first kappa shape index (κ1) is 26.1. The van der Waals surface area contributed by atoms with Crippen molar-refractivity contribution in [3.8, 4) is 0 Å². The van der Waals surface area contributed by atoms with Gasteiger partial charge in [0.15, 0.2) is 6.29 Å². The predicted octanol–water partition coefficient (Wildman–Crippen LogP) is -6.29. The molecule has 0 radical (unpaired) electrons. The average molecular weight is 468 g/mol. The predicted molar refractivity (Wildman–Crippen MR) is 108 cm³/mol. The molecule has 0 aromatic rings. The topological polar surface area (TPSA) is 268 Å². The molecule has 2 aliphatic heterocycles. The molecule has 0 amide bonds. The van der Waals surface area contributed by atoms with Gasteiger partial charge in [-0.05, 0) is 6.42 Å². The lowest BCUT2D eigenvalue weighted by atomic mass is 9.84. The third-order valence-electron chi connectivity index (χ3n) is 6.42. The van der Waals surface area contributed by atoms with Crippen LogP contribution in [0.5, 0.6) is 0 Å². The van der Waals surface area contributed by atoms with E-state index in [1.165, 1.54) is 0 Å². The second kappa shape index (κ2) is 10.4. The third kappa shape index (κ3) is 5.24. The van der Waals surface area contributed by atoms with Crippen LogP contribution < -0.4 is 28.7 Å². The Morgan fingerprint density at radius 1 is 0.938 bits per heavy atom. The van der Waals surface area contributed by atoms with Crippen molar-refractivity contribution in [2.75, 3.05) is 19.8 Å². The van der Waals surface area contributed by atoms with E-state index in [9.17, 15) is 25.5 Å². The third-order valence-corrected chi connectivity index (χ3v) is 6.42. The Kier molecular flexibility index (Phi) is 8.44. The molecule has 1 saturated carbocycles. The summed E-state index contributed by atoms with van der Waals surface area (Å²) in [6, 6.07) is -2.62. The molecular formula is C18H37N5O9. The summed E-state index contributed by atoms with van der Waals surface area (Å²) >= 11 is 0. The summed E-state index contributed by atoms with van der Waals surface area (Å²) < 4.78 is 22.6. The lowest BCUT2D eigenvalue weighted by Crippen LogP contribution is -2.69. The van der Waals surface area contributed by atoms with Crippen molar-refractivity contribution >= 4 is 0 Å². The van der Waals surface area contributed by atoms with E-state index in [0.717, 1.165) is 0 Å². The molecule has 32 heavy (non-hydrogen) atoms. The lowest BCUT2D eigenvalue weighted by Gasteiger charge is -2.49. The standard InChI is InChI=1S/C18H37N5O9/c19-3-9-8(25)2-18(23,5-29-9)32-16-7(21)1-6(20)15(14(16)28)31-17-13(27)11(22)12(26)10(4-24)30-17/h6-17,24-28H,1-5,19-23H2. The lowest BCUT2D eigenvalue weighted by molar-refractivity contribution is -0.311. The fourth-order valence-electron chi connectivity index (χ4n) is 4.48. The van der Waals surface area contributed by atoms with Crippen molar-refractivity contribution in [1.29, 1.82) is 0 Å². The first-order valence-electron chi connectivity index (χ1n) is 10.7. The molecule has 14 heteroatoms. The summed E-state index contributed by atoms with van der Waals surface area (Å²) in [5.41, 5.74) is 28.5. The zero-order valence-electron chi connectivity index (χ0n) is 17.7. The van der Waals surface area contributed by atoms with Crippen molar-refractivity contribution in [3.63, 3.8) is 0 Å². The quantitative estimate of drug-likeness (QED) is 0.163. The molecule has 13 atom stereocenters. The molecule has 0 aromatic carbocycles. The molecule has 3 fully saturated rings. The molecule has 13 unspecified atom stereocenters. The van der Waals surface area contributed by atoms with E-state index in [0.29, 0.717) is 0 Å². The summed E-state index contributed by atoms with van der Waals surface area (Å²) in [5, 5.41) is 50.9. The van der Waals surface area contributed by atoms with E-state index in [-0.39, 0.29) is 26.0 Å². The van der Waals surface area contributed by atoms with E-state index in [1.807, 2.05) is 0 Å². The largest absolute Gasteiger partial charge is 0.394 e. The number of ether oxygens (including phenoxy) is 4. The van der Waals surface area contributed by atoms with E-state index < -0.39 is 85.6 Å². The normalized spacial score (nSPS) is 52.7. The average Bonchev–Trinajstić information content (AvgIpc) is 2.74. The van der Waals surface area contributed by atoms with Gasteiger partial charge in [-0.2, -0.15) is 0 Å². The Morgan fingerprint density at radius 3 is 2.19 bits per heavy atom. The van der Waals surface area contributed by atoms with Crippen molar-refractivity contribution in [3.05, 3.63) is 0 Å². The van der Waals surface area contributed by atoms with Crippen molar-refractivity contribution in [2.24, 2.45) is 28.7 Å². The molecule has 2 heterocycles. The Balaban J connectivity index is 1.70. The van der Waals surface area contributed by atoms with Crippen LogP contribution in [0.1, 0.15) is 12.8 Å².